The molecule has 0 radical (unpaired) electrons. The molecule has 0 aromatic carbocycles. The first-order chi connectivity index (χ1) is 9.67. The van der Waals surface area contributed by atoms with Gasteiger partial charge in [-0.25, -0.2) is 9.50 Å². The van der Waals surface area contributed by atoms with E-state index in [1.807, 2.05) is 12.1 Å². The number of hydrogen-bond donors (Lipinski definition) is 1. The number of nitrogens with zero attached hydrogens (tertiary/aromatic N) is 3. The minimum atomic E-state index is -0.947. The Kier molecular flexibility index (Phi) is 2.72. The van der Waals surface area contributed by atoms with Crippen LogP contribution >= 0.6 is 0 Å². The van der Waals surface area contributed by atoms with Gasteiger partial charge in [0.25, 0.3) is 0 Å². The zero-order valence-corrected chi connectivity index (χ0v) is 11.9. The van der Waals surface area contributed by atoms with Gasteiger partial charge in [-0.2, -0.15) is 5.10 Å². The van der Waals surface area contributed by atoms with Crippen LogP contribution in [0.2, 0.25) is 0 Å². The predicted octanol–water partition coefficient (Wildman–Crippen LogP) is 1.38. The Labute approximate surface area is 119 Å². The molecule has 2 fully saturated rings. The summed E-state index contributed by atoms with van der Waals surface area (Å²) in [7, 11) is -0.788. The van der Waals surface area contributed by atoms with Gasteiger partial charge in [0.1, 0.15) is 5.60 Å². The van der Waals surface area contributed by atoms with Crippen LogP contribution in [0.3, 0.4) is 0 Å². The second-order valence-electron chi connectivity index (χ2n) is 5.88. The molecule has 2 aliphatic rings. The Hall–Kier alpha value is -1.27. The van der Waals surface area contributed by atoms with Gasteiger partial charge in [-0.15, -0.1) is 0 Å². The molecule has 6 heteroatoms. The normalized spacial score (nSPS) is 37.1. The summed E-state index contributed by atoms with van der Waals surface area (Å²) in [5, 5.41) is 15.6. The quantitative estimate of drug-likeness (QED) is 0.862. The van der Waals surface area contributed by atoms with Crippen LogP contribution in [-0.4, -0.2) is 34.4 Å². The Morgan fingerprint density at radius 3 is 2.85 bits per heavy atom. The lowest BCUT2D eigenvalue weighted by molar-refractivity contribution is 0.000869. The second-order valence-corrected chi connectivity index (χ2v) is 7.87. The Balaban J connectivity index is 1.79. The van der Waals surface area contributed by atoms with Gasteiger partial charge in [0.15, 0.2) is 5.65 Å². The maximum atomic E-state index is 12.3. The van der Waals surface area contributed by atoms with E-state index in [1.54, 1.807) is 16.9 Å². The van der Waals surface area contributed by atoms with Gasteiger partial charge < -0.3 is 5.11 Å². The lowest BCUT2D eigenvalue weighted by Crippen LogP contribution is -2.47. The Morgan fingerprint density at radius 1 is 1.35 bits per heavy atom. The Morgan fingerprint density at radius 2 is 2.10 bits per heavy atom. The van der Waals surface area contributed by atoms with E-state index < -0.39 is 16.4 Å². The summed E-state index contributed by atoms with van der Waals surface area (Å²) in [6, 6.07) is 3.71. The molecule has 2 aromatic heterocycles. The highest BCUT2D eigenvalue weighted by Crippen LogP contribution is 2.44. The van der Waals surface area contributed by atoms with Gasteiger partial charge in [-0.05, 0) is 37.8 Å². The minimum Gasteiger partial charge on any atom is -0.383 e. The number of hydrogen-bond acceptors (Lipinski definition) is 4. The molecule has 4 heterocycles. The van der Waals surface area contributed by atoms with Crippen molar-refractivity contribution >= 4 is 16.4 Å². The molecule has 20 heavy (non-hydrogen) atoms. The topological polar surface area (TPSA) is 67.5 Å². The van der Waals surface area contributed by atoms with Gasteiger partial charge in [0.05, 0.1) is 11.9 Å². The van der Waals surface area contributed by atoms with E-state index in [0.29, 0.717) is 12.8 Å². The molecule has 2 unspecified atom stereocenters. The van der Waals surface area contributed by atoms with E-state index >= 15 is 0 Å². The molecule has 2 aromatic rings. The van der Waals surface area contributed by atoms with Crippen LogP contribution in [0.1, 0.15) is 37.8 Å². The number of rotatable bonds is 1. The largest absolute Gasteiger partial charge is 0.383 e. The van der Waals surface area contributed by atoms with Crippen LogP contribution in [0.4, 0.5) is 0 Å². The first-order valence-electron chi connectivity index (χ1n) is 7.08. The summed E-state index contributed by atoms with van der Waals surface area (Å²) in [6.07, 6.45) is 7.56. The minimum absolute atomic E-state index is 0.113. The van der Waals surface area contributed by atoms with Gasteiger partial charge in [-0.3, -0.25) is 4.21 Å². The number of imidazole rings is 1. The van der Waals surface area contributed by atoms with Crippen molar-refractivity contribution in [2.45, 2.75) is 48.2 Å². The zero-order valence-electron chi connectivity index (χ0n) is 11.1. The second kappa shape index (κ2) is 4.36. The van der Waals surface area contributed by atoms with Crippen LogP contribution in [0.15, 0.2) is 24.5 Å². The van der Waals surface area contributed by atoms with E-state index in [4.69, 9.17) is 0 Å². The molecule has 2 bridgehead atoms. The van der Waals surface area contributed by atoms with Crippen LogP contribution < -0.4 is 0 Å². The van der Waals surface area contributed by atoms with E-state index in [0.717, 1.165) is 30.6 Å². The summed E-state index contributed by atoms with van der Waals surface area (Å²) in [4.78, 5) is 4.32. The number of fused-ring (bicyclic) bond motifs is 3. The van der Waals surface area contributed by atoms with E-state index in [9.17, 15) is 9.32 Å². The third-order valence-corrected chi connectivity index (χ3v) is 6.71. The predicted molar refractivity (Wildman–Crippen MR) is 75.7 cm³/mol. The smallest absolute Gasteiger partial charge is 0.153 e. The standard InChI is InChI=1S/C14H17N3O2S/c18-14(7-10-3-1-4-11(8-14)20(10)19)12-9-15-13-5-2-6-16-17(12)13/h2,5-6,9-11,18H,1,3-4,7-8H2. The third kappa shape index (κ3) is 1.74. The van der Waals surface area contributed by atoms with Crippen LogP contribution in [-0.2, 0) is 16.4 Å². The van der Waals surface area contributed by atoms with Crippen LogP contribution in [0.25, 0.3) is 5.65 Å². The fourth-order valence-electron chi connectivity index (χ4n) is 3.64. The molecule has 0 amide bonds. The molecule has 1 N–H and O–H groups in total. The maximum absolute atomic E-state index is 12.3. The molecule has 5 nitrogen and oxygen atoms in total. The van der Waals surface area contributed by atoms with Gasteiger partial charge in [0, 0.05) is 27.5 Å². The van der Waals surface area contributed by atoms with Crippen LogP contribution in [0, 0.1) is 0 Å². The summed E-state index contributed by atoms with van der Waals surface area (Å²) < 4.78 is 14.0. The van der Waals surface area contributed by atoms with Crippen molar-refractivity contribution in [3.05, 3.63) is 30.2 Å². The fourth-order valence-corrected chi connectivity index (χ4v) is 5.86. The Bertz CT molecular complexity index is 668. The van der Waals surface area contributed by atoms with Crippen molar-refractivity contribution < 1.29 is 9.32 Å². The number of aromatic nitrogens is 3. The highest BCUT2D eigenvalue weighted by molar-refractivity contribution is 7.86. The molecule has 0 saturated carbocycles. The van der Waals surface area contributed by atoms with Crippen molar-refractivity contribution in [2.24, 2.45) is 0 Å². The monoisotopic (exact) mass is 291 g/mol. The molecule has 106 valence electrons. The highest BCUT2D eigenvalue weighted by Gasteiger charge is 2.47. The summed E-state index contributed by atoms with van der Waals surface area (Å²) >= 11 is 0. The maximum Gasteiger partial charge on any atom is 0.153 e. The van der Waals surface area contributed by atoms with Crippen molar-refractivity contribution in [2.75, 3.05) is 0 Å². The summed E-state index contributed by atoms with van der Waals surface area (Å²) in [6.45, 7) is 0. The van der Waals surface area contributed by atoms with Gasteiger partial charge in [-0.1, -0.05) is 6.42 Å². The SMILES string of the molecule is O=S1C2CCCC1CC(O)(c1cnc3cccnn13)C2. The average molecular weight is 291 g/mol. The first-order valence-corrected chi connectivity index (χ1v) is 8.36. The third-order valence-electron chi connectivity index (χ3n) is 4.59. The number of aliphatic hydroxyl groups is 1. The molecule has 4 rings (SSSR count). The van der Waals surface area contributed by atoms with Crippen molar-refractivity contribution in [3.63, 3.8) is 0 Å². The molecular formula is C14H17N3O2S. The molecule has 2 aliphatic heterocycles. The highest BCUT2D eigenvalue weighted by atomic mass is 32.2. The fraction of sp³-hybridized carbons (Fsp3) is 0.571. The van der Waals surface area contributed by atoms with E-state index in [1.165, 1.54) is 0 Å². The molecule has 2 atom stereocenters. The summed E-state index contributed by atoms with van der Waals surface area (Å²) in [5.74, 6) is 0. The lowest BCUT2D eigenvalue weighted by Gasteiger charge is -2.43. The molecule has 0 spiro atoms. The summed E-state index contributed by atoms with van der Waals surface area (Å²) in [5.41, 5.74) is 0.534. The van der Waals surface area contributed by atoms with Crippen molar-refractivity contribution in [1.29, 1.82) is 0 Å². The average Bonchev–Trinajstić information content (AvgIpc) is 2.85. The van der Waals surface area contributed by atoms with Crippen molar-refractivity contribution in [1.82, 2.24) is 14.6 Å². The van der Waals surface area contributed by atoms with Crippen LogP contribution in [0.5, 0.6) is 0 Å². The molecule has 0 aliphatic carbocycles. The van der Waals surface area contributed by atoms with E-state index in [-0.39, 0.29) is 10.5 Å². The molecule has 2 saturated heterocycles. The van der Waals surface area contributed by atoms with Crippen molar-refractivity contribution in [3.8, 4) is 0 Å². The first kappa shape index (κ1) is 12.5. The zero-order chi connectivity index (χ0) is 13.7. The lowest BCUT2D eigenvalue weighted by atomic mass is 9.83. The molecular weight excluding hydrogens is 274 g/mol. The van der Waals surface area contributed by atoms with Gasteiger partial charge >= 0.3 is 0 Å². The van der Waals surface area contributed by atoms with Gasteiger partial charge in [0.2, 0.25) is 0 Å². The van der Waals surface area contributed by atoms with E-state index in [2.05, 4.69) is 10.1 Å².